The van der Waals surface area contributed by atoms with Gasteiger partial charge in [-0.2, -0.15) is 0 Å². The van der Waals surface area contributed by atoms with Crippen LogP contribution < -0.4 is 0 Å². The third-order valence-electron chi connectivity index (χ3n) is 6.35. The molecule has 0 bridgehead atoms. The van der Waals surface area contributed by atoms with Crippen molar-refractivity contribution in [3.8, 4) is 11.1 Å². The van der Waals surface area contributed by atoms with Crippen LogP contribution in [0.3, 0.4) is 0 Å². The molecule has 1 aliphatic heterocycles. The number of hydrogen-bond acceptors (Lipinski definition) is 5. The van der Waals surface area contributed by atoms with Crippen molar-refractivity contribution in [2.45, 2.75) is 39.0 Å². The summed E-state index contributed by atoms with van der Waals surface area (Å²) in [7, 11) is 0. The number of carbonyl (C=O) groups excluding carboxylic acids is 1. The molecule has 166 valence electrons. The Morgan fingerprint density at radius 1 is 0.969 bits per heavy atom. The number of rotatable bonds is 7. The van der Waals surface area contributed by atoms with Crippen LogP contribution in [0.5, 0.6) is 0 Å². The first-order valence-electron chi connectivity index (χ1n) is 11.2. The Morgan fingerprint density at radius 3 is 2.34 bits per heavy atom. The highest BCUT2D eigenvalue weighted by Gasteiger charge is 2.29. The summed E-state index contributed by atoms with van der Waals surface area (Å²) in [5.41, 5.74) is 5.49. The van der Waals surface area contributed by atoms with Gasteiger partial charge in [-0.3, -0.25) is 19.6 Å². The summed E-state index contributed by atoms with van der Waals surface area (Å²) in [6.45, 7) is 7.94. The van der Waals surface area contributed by atoms with Gasteiger partial charge < -0.3 is 5.11 Å². The van der Waals surface area contributed by atoms with Crippen LogP contribution in [0.2, 0.25) is 0 Å². The summed E-state index contributed by atoms with van der Waals surface area (Å²) >= 11 is 0. The number of benzene rings is 2. The van der Waals surface area contributed by atoms with Crippen molar-refractivity contribution >= 4 is 5.78 Å². The average molecular weight is 430 g/mol. The Bertz CT molecular complexity index is 1020. The number of aliphatic hydroxyl groups is 1. The number of pyridine rings is 1. The number of Topliss-reactive ketones (excluding diaryl/α,β-unsaturated/α-hetero) is 1. The minimum Gasteiger partial charge on any atom is -0.388 e. The molecule has 0 amide bonds. The third-order valence-corrected chi connectivity index (χ3v) is 6.35. The molecule has 1 N–H and O–H groups in total. The summed E-state index contributed by atoms with van der Waals surface area (Å²) in [6, 6.07) is 21.2. The molecular formula is C27H31N3O2. The van der Waals surface area contributed by atoms with Gasteiger partial charge in [0.25, 0.3) is 0 Å². The zero-order valence-electron chi connectivity index (χ0n) is 18.8. The first kappa shape index (κ1) is 22.3. The Kier molecular flexibility index (Phi) is 7.10. The molecule has 0 unspecified atom stereocenters. The van der Waals surface area contributed by atoms with Crippen LogP contribution in [0.4, 0.5) is 0 Å². The molecule has 2 heterocycles. The van der Waals surface area contributed by atoms with Crippen molar-refractivity contribution in [1.82, 2.24) is 14.8 Å². The minimum absolute atomic E-state index is 0.237. The molecule has 2 aromatic carbocycles. The molecule has 0 radical (unpaired) electrons. The van der Waals surface area contributed by atoms with Crippen molar-refractivity contribution in [3.63, 3.8) is 0 Å². The van der Waals surface area contributed by atoms with E-state index in [1.54, 1.807) is 0 Å². The molecule has 1 aliphatic rings. The van der Waals surface area contributed by atoms with E-state index in [0.717, 1.165) is 31.7 Å². The van der Waals surface area contributed by atoms with Crippen molar-refractivity contribution in [2.75, 3.05) is 19.7 Å². The summed E-state index contributed by atoms with van der Waals surface area (Å²) in [5.74, 6) is -0.237. The lowest BCUT2D eigenvalue weighted by molar-refractivity contribution is 0.0291. The number of aromatic nitrogens is 1. The highest BCUT2D eigenvalue weighted by Crippen LogP contribution is 2.27. The van der Waals surface area contributed by atoms with E-state index in [2.05, 4.69) is 59.0 Å². The maximum absolute atomic E-state index is 11.6. The fourth-order valence-corrected chi connectivity index (χ4v) is 4.71. The quantitative estimate of drug-likeness (QED) is 0.575. The van der Waals surface area contributed by atoms with Gasteiger partial charge in [0.05, 0.1) is 0 Å². The van der Waals surface area contributed by atoms with Crippen LogP contribution >= 0.6 is 0 Å². The van der Waals surface area contributed by atoms with Crippen molar-refractivity contribution in [1.29, 1.82) is 0 Å². The molecule has 2 atom stereocenters. The number of carbonyl (C=O) groups is 1. The molecule has 1 aromatic heterocycles. The lowest BCUT2D eigenvalue weighted by atomic mass is 9.98. The number of aliphatic hydroxyl groups excluding tert-OH is 1. The fraction of sp³-hybridized carbons (Fsp3) is 0.333. The maximum atomic E-state index is 11.6. The molecule has 5 heteroatoms. The third kappa shape index (κ3) is 5.13. The molecule has 0 saturated carbocycles. The second-order valence-electron chi connectivity index (χ2n) is 8.74. The number of ketones is 1. The Hall–Kier alpha value is -2.86. The number of piperazine rings is 1. The SMILES string of the molecule is C[C@@H]1CN(Cc2ccc(C(=O)CO)cc2)C[C@H](C)N1Cc1ccccc1-c1cccnc1. The molecular weight excluding hydrogens is 398 g/mol. The lowest BCUT2D eigenvalue weighted by Crippen LogP contribution is -2.55. The normalized spacial score (nSPS) is 19.7. The van der Waals surface area contributed by atoms with Gasteiger partial charge in [-0.25, -0.2) is 0 Å². The molecule has 0 spiro atoms. The lowest BCUT2D eigenvalue weighted by Gasteiger charge is -2.44. The van der Waals surface area contributed by atoms with E-state index in [0.29, 0.717) is 17.6 Å². The molecule has 1 saturated heterocycles. The Morgan fingerprint density at radius 2 is 1.69 bits per heavy atom. The second kappa shape index (κ2) is 10.2. The maximum Gasteiger partial charge on any atom is 0.188 e. The standard InChI is InChI=1S/C27H31N3O2/c1-20-15-29(17-22-9-11-23(12-10-22)27(32)19-31)16-21(2)30(20)18-25-6-3-4-8-26(25)24-7-5-13-28-14-24/h3-14,20-21,31H,15-19H2,1-2H3/t20-,21+. The molecule has 3 aromatic rings. The highest BCUT2D eigenvalue weighted by molar-refractivity contribution is 5.96. The first-order chi connectivity index (χ1) is 15.5. The van der Waals surface area contributed by atoms with Gasteiger partial charge in [0.2, 0.25) is 0 Å². The zero-order chi connectivity index (χ0) is 22.5. The van der Waals surface area contributed by atoms with Crippen LogP contribution in [-0.4, -0.2) is 57.5 Å². The van der Waals surface area contributed by atoms with Crippen molar-refractivity contribution in [2.24, 2.45) is 0 Å². The summed E-state index contributed by atoms with van der Waals surface area (Å²) < 4.78 is 0. The number of hydrogen-bond donors (Lipinski definition) is 1. The molecule has 32 heavy (non-hydrogen) atoms. The number of nitrogens with zero attached hydrogens (tertiary/aromatic N) is 3. The van der Waals surface area contributed by atoms with Gasteiger partial charge >= 0.3 is 0 Å². The van der Waals surface area contributed by atoms with Gasteiger partial charge in [-0.15, -0.1) is 0 Å². The van der Waals surface area contributed by atoms with Crippen molar-refractivity contribution in [3.05, 3.63) is 89.7 Å². The van der Waals surface area contributed by atoms with E-state index in [-0.39, 0.29) is 5.78 Å². The van der Waals surface area contributed by atoms with E-state index in [4.69, 9.17) is 5.11 Å². The smallest absolute Gasteiger partial charge is 0.188 e. The van der Waals surface area contributed by atoms with Crippen LogP contribution in [0.1, 0.15) is 35.3 Å². The van der Waals surface area contributed by atoms with E-state index in [1.807, 2.05) is 42.7 Å². The zero-order valence-corrected chi connectivity index (χ0v) is 18.8. The molecule has 5 nitrogen and oxygen atoms in total. The largest absolute Gasteiger partial charge is 0.388 e. The Labute approximate surface area is 190 Å². The van der Waals surface area contributed by atoms with E-state index >= 15 is 0 Å². The topological polar surface area (TPSA) is 56.7 Å². The van der Waals surface area contributed by atoms with Gasteiger partial charge in [0.1, 0.15) is 6.61 Å². The monoisotopic (exact) mass is 429 g/mol. The highest BCUT2D eigenvalue weighted by atomic mass is 16.3. The fourth-order valence-electron chi connectivity index (χ4n) is 4.71. The van der Waals surface area contributed by atoms with Gasteiger partial charge in [-0.05, 0) is 36.6 Å². The summed E-state index contributed by atoms with van der Waals surface area (Å²) in [4.78, 5) is 21.0. The minimum atomic E-state index is -0.444. The first-order valence-corrected chi connectivity index (χ1v) is 11.2. The Balaban J connectivity index is 1.43. The van der Waals surface area contributed by atoms with E-state index in [1.165, 1.54) is 16.7 Å². The van der Waals surface area contributed by atoms with E-state index in [9.17, 15) is 4.79 Å². The van der Waals surface area contributed by atoms with Gasteiger partial charge in [0, 0.05) is 61.8 Å². The van der Waals surface area contributed by atoms with E-state index < -0.39 is 6.61 Å². The molecule has 0 aliphatic carbocycles. The van der Waals surface area contributed by atoms with Crippen LogP contribution in [0.25, 0.3) is 11.1 Å². The van der Waals surface area contributed by atoms with Crippen LogP contribution in [0.15, 0.2) is 73.1 Å². The second-order valence-corrected chi connectivity index (χ2v) is 8.74. The van der Waals surface area contributed by atoms with Gasteiger partial charge in [0.15, 0.2) is 5.78 Å². The molecule has 4 rings (SSSR count). The van der Waals surface area contributed by atoms with Crippen LogP contribution in [0, 0.1) is 0 Å². The van der Waals surface area contributed by atoms with Crippen molar-refractivity contribution < 1.29 is 9.90 Å². The predicted molar refractivity (Wildman–Crippen MR) is 127 cm³/mol. The summed E-state index contributed by atoms with van der Waals surface area (Å²) in [6.07, 6.45) is 3.75. The summed E-state index contributed by atoms with van der Waals surface area (Å²) in [5, 5.41) is 9.02. The average Bonchev–Trinajstić information content (AvgIpc) is 2.82. The molecule has 1 fully saturated rings. The van der Waals surface area contributed by atoms with Gasteiger partial charge in [-0.1, -0.05) is 54.6 Å². The van der Waals surface area contributed by atoms with Crippen LogP contribution in [-0.2, 0) is 13.1 Å². The predicted octanol–water partition coefficient (Wildman–Crippen LogP) is 4.02.